The number of nitrogens with zero attached hydrogens (tertiary/aromatic N) is 2. The van der Waals surface area contributed by atoms with Gasteiger partial charge in [0.05, 0.1) is 27.6 Å². The zero-order chi connectivity index (χ0) is 24.5. The third-order valence-electron chi connectivity index (χ3n) is 8.69. The quantitative estimate of drug-likeness (QED) is 0.353. The number of hydrogen-bond donors (Lipinski definition) is 3. The van der Waals surface area contributed by atoms with Crippen LogP contribution < -0.4 is 10.6 Å². The van der Waals surface area contributed by atoms with Gasteiger partial charge in [-0.05, 0) is 31.7 Å². The maximum atomic E-state index is 13.3. The van der Waals surface area contributed by atoms with Gasteiger partial charge in [-0.2, -0.15) is 0 Å². The smallest absolute Gasteiger partial charge is 0.252 e. The Balaban J connectivity index is 1.74. The number of para-hydroxylation sites is 2. The highest BCUT2D eigenvalue weighted by atomic mass is 16.6. The highest BCUT2D eigenvalue weighted by molar-refractivity contribution is 6.31. The number of benzene rings is 3. The fraction of sp³-hybridized carbons (Fsp3) is 0.321. The van der Waals surface area contributed by atoms with Crippen molar-refractivity contribution in [3.8, 4) is 5.75 Å². The highest BCUT2D eigenvalue weighted by Gasteiger charge is 2.53. The second-order valence-corrected chi connectivity index (χ2v) is 10.3. The SMILES string of the molecule is CN[C@H]1C[C@@H]2O[C@](C)([C@H]1OC)n1c3c(O)cccc3c3c4c(c5c6ccccc6n2c5c31)C(=O)NC4. The number of rotatable bonds is 2. The number of likely N-dealkylation sites (N-methyl/N-ethyl adjacent to an activating group) is 1. The molecule has 0 radical (unpaired) electrons. The highest BCUT2D eigenvalue weighted by Crippen LogP contribution is 2.54. The van der Waals surface area contributed by atoms with Crippen LogP contribution >= 0.6 is 0 Å². The summed E-state index contributed by atoms with van der Waals surface area (Å²) < 4.78 is 17.6. The van der Waals surface area contributed by atoms with E-state index in [0.29, 0.717) is 18.5 Å². The van der Waals surface area contributed by atoms with Crippen LogP contribution in [0.25, 0.3) is 43.6 Å². The molecule has 0 aliphatic carbocycles. The van der Waals surface area contributed by atoms with E-state index in [0.717, 1.165) is 49.2 Å². The van der Waals surface area contributed by atoms with Crippen molar-refractivity contribution in [2.75, 3.05) is 14.2 Å². The molecule has 8 rings (SSSR count). The lowest BCUT2D eigenvalue weighted by molar-refractivity contribution is -0.256. The minimum atomic E-state index is -0.929. The van der Waals surface area contributed by atoms with Gasteiger partial charge >= 0.3 is 0 Å². The molecule has 3 aliphatic heterocycles. The topological polar surface area (TPSA) is 89.7 Å². The van der Waals surface area contributed by atoms with Crippen LogP contribution in [-0.2, 0) is 21.7 Å². The number of fused-ring (bicyclic) bond motifs is 13. The van der Waals surface area contributed by atoms with Crippen molar-refractivity contribution in [1.29, 1.82) is 0 Å². The van der Waals surface area contributed by atoms with Crippen LogP contribution in [0.4, 0.5) is 0 Å². The number of hydrogen-bond acceptors (Lipinski definition) is 5. The third kappa shape index (κ3) is 2.12. The molecular formula is C28H26N4O4. The van der Waals surface area contributed by atoms with Crippen LogP contribution in [0.2, 0.25) is 0 Å². The summed E-state index contributed by atoms with van der Waals surface area (Å²) in [5.74, 6) is 0.119. The van der Waals surface area contributed by atoms with Crippen LogP contribution in [0.1, 0.15) is 35.5 Å². The predicted molar refractivity (Wildman–Crippen MR) is 137 cm³/mol. The van der Waals surface area contributed by atoms with Crippen LogP contribution in [-0.4, -0.2) is 46.5 Å². The Kier molecular flexibility index (Phi) is 3.77. The molecule has 36 heavy (non-hydrogen) atoms. The molecule has 0 saturated carbocycles. The first-order valence-electron chi connectivity index (χ1n) is 12.4. The first-order chi connectivity index (χ1) is 17.5. The molecule has 8 heteroatoms. The summed E-state index contributed by atoms with van der Waals surface area (Å²) in [6, 6.07) is 13.8. The number of carbonyl (C=O) groups excluding carboxylic acids is 1. The van der Waals surface area contributed by atoms with Crippen LogP contribution in [0.15, 0.2) is 42.5 Å². The molecule has 2 bridgehead atoms. The second-order valence-electron chi connectivity index (χ2n) is 10.3. The van der Waals surface area contributed by atoms with E-state index in [4.69, 9.17) is 9.47 Å². The van der Waals surface area contributed by atoms with E-state index in [1.807, 2.05) is 31.3 Å². The maximum absolute atomic E-state index is 13.3. The lowest BCUT2D eigenvalue weighted by Gasteiger charge is -2.48. The zero-order valence-electron chi connectivity index (χ0n) is 20.3. The predicted octanol–water partition coefficient (Wildman–Crippen LogP) is 4.06. The normalized spacial score (nSPS) is 26.9. The van der Waals surface area contributed by atoms with E-state index in [-0.39, 0.29) is 30.0 Å². The number of phenols is 1. The Morgan fingerprint density at radius 1 is 1.11 bits per heavy atom. The molecule has 8 nitrogen and oxygen atoms in total. The molecule has 0 unspecified atom stereocenters. The second kappa shape index (κ2) is 6.59. The maximum Gasteiger partial charge on any atom is 0.252 e. The molecule has 1 fully saturated rings. The molecule has 2 aromatic heterocycles. The van der Waals surface area contributed by atoms with Crippen molar-refractivity contribution in [1.82, 2.24) is 19.8 Å². The number of carbonyl (C=O) groups is 1. The van der Waals surface area contributed by atoms with E-state index < -0.39 is 5.72 Å². The largest absolute Gasteiger partial charge is 0.506 e. The third-order valence-corrected chi connectivity index (χ3v) is 8.69. The Labute approximate surface area is 206 Å². The number of aromatic hydroxyl groups is 1. The van der Waals surface area contributed by atoms with Crippen molar-refractivity contribution in [3.05, 3.63) is 53.6 Å². The number of phenolic OH excluding ortho intramolecular Hbond substituents is 1. The summed E-state index contributed by atoms with van der Waals surface area (Å²) in [6.45, 7) is 2.50. The zero-order valence-corrected chi connectivity index (χ0v) is 20.3. The van der Waals surface area contributed by atoms with E-state index in [1.165, 1.54) is 0 Å². The number of amides is 1. The van der Waals surface area contributed by atoms with Gasteiger partial charge in [0.2, 0.25) is 0 Å². The van der Waals surface area contributed by atoms with Crippen LogP contribution in [0, 0.1) is 0 Å². The fourth-order valence-electron chi connectivity index (χ4n) is 7.40. The van der Waals surface area contributed by atoms with Crippen molar-refractivity contribution in [2.45, 2.75) is 44.0 Å². The summed E-state index contributed by atoms with van der Waals surface area (Å²) in [5.41, 5.74) is 4.43. The molecule has 3 N–H and O–H groups in total. The van der Waals surface area contributed by atoms with Gasteiger partial charge in [0.25, 0.3) is 5.91 Å². The molecule has 5 heterocycles. The van der Waals surface area contributed by atoms with Crippen molar-refractivity contribution in [2.24, 2.45) is 0 Å². The number of aromatic nitrogens is 2. The van der Waals surface area contributed by atoms with Crippen LogP contribution in [0.3, 0.4) is 0 Å². The van der Waals surface area contributed by atoms with E-state index >= 15 is 0 Å². The fourth-order valence-corrected chi connectivity index (χ4v) is 7.40. The summed E-state index contributed by atoms with van der Waals surface area (Å²) in [5, 5.41) is 21.7. The van der Waals surface area contributed by atoms with Gasteiger partial charge in [-0.1, -0.05) is 30.3 Å². The van der Waals surface area contributed by atoms with E-state index in [2.05, 4.69) is 38.8 Å². The van der Waals surface area contributed by atoms with Crippen LogP contribution in [0.5, 0.6) is 5.75 Å². The minimum absolute atomic E-state index is 0.00206. The Morgan fingerprint density at radius 3 is 2.72 bits per heavy atom. The Hall–Kier alpha value is -3.59. The molecule has 3 aliphatic rings. The summed E-state index contributed by atoms with van der Waals surface area (Å²) >= 11 is 0. The first-order valence-corrected chi connectivity index (χ1v) is 12.4. The van der Waals surface area contributed by atoms with Gasteiger partial charge < -0.3 is 34.3 Å². The average Bonchev–Trinajstić information content (AvgIpc) is 3.52. The minimum Gasteiger partial charge on any atom is -0.506 e. The van der Waals surface area contributed by atoms with Gasteiger partial charge in [0, 0.05) is 47.7 Å². The van der Waals surface area contributed by atoms with Crippen molar-refractivity contribution >= 4 is 49.5 Å². The number of ether oxygens (including phenoxy) is 2. The molecule has 4 atom stereocenters. The van der Waals surface area contributed by atoms with Crippen molar-refractivity contribution in [3.63, 3.8) is 0 Å². The molecule has 0 spiro atoms. The summed E-state index contributed by atoms with van der Waals surface area (Å²) in [6.07, 6.45) is 0.0709. The number of methoxy groups -OCH3 is 1. The molecule has 3 aromatic carbocycles. The van der Waals surface area contributed by atoms with Gasteiger partial charge in [-0.15, -0.1) is 0 Å². The van der Waals surface area contributed by atoms with E-state index in [9.17, 15) is 9.90 Å². The summed E-state index contributed by atoms with van der Waals surface area (Å²) in [4.78, 5) is 13.3. The average molecular weight is 483 g/mol. The van der Waals surface area contributed by atoms with Gasteiger partial charge in [-0.25, -0.2) is 0 Å². The van der Waals surface area contributed by atoms with Gasteiger partial charge in [0.1, 0.15) is 18.1 Å². The van der Waals surface area contributed by atoms with Gasteiger partial charge in [0.15, 0.2) is 5.72 Å². The summed E-state index contributed by atoms with van der Waals surface area (Å²) in [7, 11) is 3.67. The lowest BCUT2D eigenvalue weighted by atomic mass is 9.93. The molecule has 1 amide bonds. The monoisotopic (exact) mass is 482 g/mol. The standard InChI is InChI=1S/C28H26N4O4/c1-28-26(35-3)16(29-2)11-19(36-28)31-17-9-5-4-7-13(17)21-22-15(12-30-27(22)34)20-14-8-6-10-18(33)23(14)32(28)25(20)24(21)31/h4-10,16,19,26,29,33H,11-12H2,1-3H3,(H,30,34)/t16-,19-,26-,28+/m0/s1. The molecular weight excluding hydrogens is 456 g/mol. The molecule has 1 saturated heterocycles. The first kappa shape index (κ1) is 20.6. The number of nitrogens with one attached hydrogen (secondary N) is 2. The van der Waals surface area contributed by atoms with E-state index in [1.54, 1.807) is 13.2 Å². The Bertz CT molecular complexity index is 1800. The van der Waals surface area contributed by atoms with Gasteiger partial charge in [-0.3, -0.25) is 4.79 Å². The Morgan fingerprint density at radius 2 is 1.92 bits per heavy atom. The van der Waals surface area contributed by atoms with Crippen molar-refractivity contribution < 1.29 is 19.4 Å². The molecule has 182 valence electrons. The lowest BCUT2D eigenvalue weighted by Crippen LogP contribution is -2.59. The molecule has 5 aromatic rings.